The van der Waals surface area contributed by atoms with E-state index in [1.165, 1.54) is 4.57 Å². The topological polar surface area (TPSA) is 108 Å². The van der Waals surface area contributed by atoms with E-state index in [1.807, 2.05) is 18.2 Å². The number of carbonyl (C=O) groups is 1. The number of aromatic nitrogens is 2. The smallest absolute Gasteiger partial charge is 0.317 e. The number of aromatic amines is 1. The normalized spacial score (nSPS) is 15.3. The molecule has 1 aliphatic rings. The van der Waals surface area contributed by atoms with Crippen molar-refractivity contribution in [2.45, 2.75) is 25.3 Å². The van der Waals surface area contributed by atoms with Crippen LogP contribution in [0.3, 0.4) is 0 Å². The van der Waals surface area contributed by atoms with Gasteiger partial charge >= 0.3 is 11.1 Å². The van der Waals surface area contributed by atoms with Gasteiger partial charge in [-0.2, -0.15) is 5.26 Å². The average molecular weight is 360 g/mol. The van der Waals surface area contributed by atoms with Gasteiger partial charge in [-0.05, 0) is 42.7 Å². The molecule has 0 bridgehead atoms. The predicted octanol–water partition coefficient (Wildman–Crippen LogP) is 2.08. The number of hydrogen-bond donors (Lipinski definition) is 2. The largest absolute Gasteiger partial charge is 0.326 e. The number of nitrogens with one attached hydrogen (secondary N) is 2. The molecule has 0 aliphatic carbocycles. The van der Waals surface area contributed by atoms with Crippen LogP contribution in [0, 0.1) is 11.3 Å². The van der Waals surface area contributed by atoms with Gasteiger partial charge in [0.2, 0.25) is 5.91 Å². The Morgan fingerprint density at radius 3 is 2.78 bits per heavy atom. The number of hydrogen-bond acceptors (Lipinski definition) is 4. The number of nitriles is 1. The number of carbonyl (C=O) groups excluding carboxylic acids is 1. The minimum atomic E-state index is -0.751. The fraction of sp³-hybridized carbons (Fsp3) is 0.200. The van der Waals surface area contributed by atoms with Crippen LogP contribution in [0.5, 0.6) is 0 Å². The van der Waals surface area contributed by atoms with Crippen molar-refractivity contribution in [3.8, 4) is 6.07 Å². The van der Waals surface area contributed by atoms with Gasteiger partial charge in [-0.25, -0.2) is 0 Å². The zero-order chi connectivity index (χ0) is 19.0. The molecule has 3 aromatic rings. The molecular weight excluding hydrogens is 344 g/mol. The molecule has 134 valence electrons. The zero-order valence-corrected chi connectivity index (χ0v) is 14.4. The van der Waals surface area contributed by atoms with Gasteiger partial charge in [0.15, 0.2) is 0 Å². The van der Waals surface area contributed by atoms with E-state index in [9.17, 15) is 19.6 Å². The maximum Gasteiger partial charge on any atom is 0.317 e. The number of nitrogens with zero attached hydrogens (tertiary/aromatic N) is 2. The Labute approximate surface area is 153 Å². The van der Waals surface area contributed by atoms with Gasteiger partial charge in [0.1, 0.15) is 0 Å². The third-order valence-electron chi connectivity index (χ3n) is 4.81. The second kappa shape index (κ2) is 6.57. The summed E-state index contributed by atoms with van der Waals surface area (Å²) in [7, 11) is 0. The molecule has 1 aromatic heterocycles. The third-order valence-corrected chi connectivity index (χ3v) is 4.81. The summed E-state index contributed by atoms with van der Waals surface area (Å²) >= 11 is 0. The van der Waals surface area contributed by atoms with Crippen LogP contribution in [0.1, 0.15) is 30.0 Å². The first kappa shape index (κ1) is 16.8. The lowest BCUT2D eigenvalue weighted by atomic mass is 9.94. The highest BCUT2D eigenvalue weighted by Crippen LogP contribution is 2.31. The molecule has 0 radical (unpaired) electrons. The number of H-pyrrole nitrogens is 1. The summed E-state index contributed by atoms with van der Waals surface area (Å²) < 4.78 is 1.42. The van der Waals surface area contributed by atoms with Crippen molar-refractivity contribution < 1.29 is 4.79 Å². The molecule has 2 N–H and O–H groups in total. The first-order chi connectivity index (χ1) is 13.1. The van der Waals surface area contributed by atoms with E-state index in [0.29, 0.717) is 35.1 Å². The van der Waals surface area contributed by atoms with E-state index in [1.54, 1.807) is 24.3 Å². The highest BCUT2D eigenvalue weighted by atomic mass is 16.2. The lowest BCUT2D eigenvalue weighted by Crippen LogP contribution is -2.41. The molecule has 4 rings (SSSR count). The van der Waals surface area contributed by atoms with E-state index in [4.69, 9.17) is 0 Å². The zero-order valence-electron chi connectivity index (χ0n) is 14.4. The van der Waals surface area contributed by atoms with Crippen molar-refractivity contribution in [3.05, 3.63) is 74.3 Å². The van der Waals surface area contributed by atoms with E-state index in [2.05, 4.69) is 16.4 Å². The van der Waals surface area contributed by atoms with Gasteiger partial charge in [0, 0.05) is 18.2 Å². The number of amides is 1. The molecule has 1 amide bonds. The van der Waals surface area contributed by atoms with Crippen LogP contribution in [0.2, 0.25) is 0 Å². The van der Waals surface area contributed by atoms with Crippen LogP contribution in [-0.2, 0) is 11.2 Å². The fourth-order valence-corrected chi connectivity index (χ4v) is 3.66. The van der Waals surface area contributed by atoms with E-state index >= 15 is 0 Å². The quantitative estimate of drug-likeness (QED) is 0.697. The summed E-state index contributed by atoms with van der Waals surface area (Å²) in [6.07, 6.45) is 1.26. The van der Waals surface area contributed by atoms with Crippen LogP contribution in [0.25, 0.3) is 11.0 Å². The molecule has 27 heavy (non-hydrogen) atoms. The molecule has 1 atom stereocenters. The first-order valence-corrected chi connectivity index (χ1v) is 8.63. The minimum Gasteiger partial charge on any atom is -0.326 e. The van der Waals surface area contributed by atoms with Gasteiger partial charge < -0.3 is 10.3 Å². The van der Waals surface area contributed by atoms with E-state index in [-0.39, 0.29) is 12.3 Å². The van der Waals surface area contributed by atoms with Gasteiger partial charge in [0.25, 0.3) is 0 Å². The van der Waals surface area contributed by atoms with Crippen LogP contribution < -0.4 is 16.4 Å². The summed E-state index contributed by atoms with van der Waals surface area (Å²) in [5.41, 5.74) is 1.56. The molecular formula is C20H16N4O3. The van der Waals surface area contributed by atoms with Crippen molar-refractivity contribution >= 4 is 22.6 Å². The molecule has 0 saturated heterocycles. The van der Waals surface area contributed by atoms with Crippen molar-refractivity contribution in [2.24, 2.45) is 0 Å². The molecule has 1 unspecified atom stereocenters. The Bertz CT molecular complexity index is 1200. The summed E-state index contributed by atoms with van der Waals surface area (Å²) in [5, 5.41) is 12.0. The summed E-state index contributed by atoms with van der Waals surface area (Å²) in [6.45, 7) is 0. The maximum absolute atomic E-state index is 12.5. The fourth-order valence-electron chi connectivity index (χ4n) is 3.66. The van der Waals surface area contributed by atoms with Crippen LogP contribution >= 0.6 is 0 Å². The monoisotopic (exact) mass is 360 g/mol. The van der Waals surface area contributed by atoms with E-state index < -0.39 is 17.2 Å². The number of aryl methyl sites for hydroxylation is 1. The molecule has 1 aliphatic heterocycles. The molecule has 0 fully saturated rings. The Balaban J connectivity index is 1.74. The highest BCUT2D eigenvalue weighted by molar-refractivity contribution is 5.91. The molecule has 2 aromatic carbocycles. The second-order valence-electron chi connectivity index (χ2n) is 6.58. The molecule has 2 heterocycles. The molecule has 7 heteroatoms. The molecule has 7 nitrogen and oxygen atoms in total. The summed E-state index contributed by atoms with van der Waals surface area (Å²) in [6, 6.07) is 14.0. The number of rotatable bonds is 3. The third kappa shape index (κ3) is 3.02. The molecule has 0 spiro atoms. The standard InChI is InChI=1S/C20H16N4O3/c21-11-12-8-13-6-7-15(10-17(25)22-14-4-2-1-3-5-14)24-18(13)16(9-12)23-19(26)20(24)27/h1-5,8-9,15H,6-7,10H2,(H,22,25)(H,23,26). The number of anilines is 1. The highest BCUT2D eigenvalue weighted by Gasteiger charge is 2.26. The maximum atomic E-state index is 12.5. The van der Waals surface area contributed by atoms with Crippen LogP contribution in [0.15, 0.2) is 52.1 Å². The summed E-state index contributed by atoms with van der Waals surface area (Å²) in [5.74, 6) is -0.219. The second-order valence-corrected chi connectivity index (χ2v) is 6.58. The van der Waals surface area contributed by atoms with Crippen molar-refractivity contribution in [2.75, 3.05) is 5.32 Å². The average Bonchev–Trinajstić information content (AvgIpc) is 2.67. The predicted molar refractivity (Wildman–Crippen MR) is 101 cm³/mol. The van der Waals surface area contributed by atoms with Gasteiger partial charge in [-0.3, -0.25) is 19.0 Å². The number of benzene rings is 2. The van der Waals surface area contributed by atoms with Gasteiger partial charge in [-0.1, -0.05) is 18.2 Å². The Morgan fingerprint density at radius 1 is 1.26 bits per heavy atom. The Kier molecular flexibility index (Phi) is 4.09. The van der Waals surface area contributed by atoms with Crippen LogP contribution in [0.4, 0.5) is 5.69 Å². The number of para-hydroxylation sites is 1. The van der Waals surface area contributed by atoms with Crippen molar-refractivity contribution in [3.63, 3.8) is 0 Å². The van der Waals surface area contributed by atoms with Gasteiger partial charge in [-0.15, -0.1) is 0 Å². The van der Waals surface area contributed by atoms with Crippen molar-refractivity contribution in [1.82, 2.24) is 9.55 Å². The first-order valence-electron chi connectivity index (χ1n) is 8.63. The van der Waals surface area contributed by atoms with Crippen LogP contribution in [-0.4, -0.2) is 15.5 Å². The van der Waals surface area contributed by atoms with Crippen molar-refractivity contribution in [1.29, 1.82) is 5.26 Å². The summed E-state index contributed by atoms with van der Waals surface area (Å²) in [4.78, 5) is 39.6. The minimum absolute atomic E-state index is 0.0901. The molecule has 0 saturated carbocycles. The van der Waals surface area contributed by atoms with E-state index in [0.717, 1.165) is 5.56 Å². The lowest BCUT2D eigenvalue weighted by Gasteiger charge is -2.27. The SMILES string of the molecule is N#Cc1cc2c3c(c1)[nH]c(=O)c(=O)n3C(CC(=O)Nc1ccccc1)CC2. The van der Waals surface area contributed by atoms with Gasteiger partial charge in [0.05, 0.1) is 22.7 Å². The Morgan fingerprint density at radius 2 is 2.04 bits per heavy atom. The lowest BCUT2D eigenvalue weighted by molar-refractivity contribution is -0.117. The Hall–Kier alpha value is -3.66.